The lowest BCUT2D eigenvalue weighted by molar-refractivity contribution is -0.137. The zero-order chi connectivity index (χ0) is 18.7. The van der Waals surface area contributed by atoms with E-state index in [0.29, 0.717) is 37.9 Å². The molecule has 0 aliphatic carbocycles. The lowest BCUT2D eigenvalue weighted by atomic mass is 10.2. The zero-order valence-electron chi connectivity index (χ0n) is 14.7. The highest BCUT2D eigenvalue weighted by Crippen LogP contribution is 2.31. The second-order valence-electron chi connectivity index (χ2n) is 6.10. The topological polar surface area (TPSA) is 57.2 Å². The lowest BCUT2D eigenvalue weighted by Gasteiger charge is -2.35. The summed E-state index contributed by atoms with van der Waals surface area (Å²) in [4.78, 5) is 17.0. The van der Waals surface area contributed by atoms with Gasteiger partial charge >= 0.3 is 6.18 Å². The van der Waals surface area contributed by atoms with Crippen LogP contribution in [0, 0.1) is 6.92 Å². The van der Waals surface area contributed by atoms with Crippen molar-refractivity contribution in [2.75, 3.05) is 47.8 Å². The molecule has 2 aromatic heterocycles. The number of pyridine rings is 1. The average molecular weight is 366 g/mol. The molecule has 0 saturated carbocycles. The predicted molar refractivity (Wildman–Crippen MR) is 94.6 cm³/mol. The molecule has 0 spiro atoms. The largest absolute Gasteiger partial charge is 0.416 e. The van der Waals surface area contributed by atoms with E-state index >= 15 is 0 Å². The predicted octanol–water partition coefficient (Wildman–Crippen LogP) is 2.96. The minimum Gasteiger partial charge on any atom is -0.370 e. The van der Waals surface area contributed by atoms with E-state index in [1.807, 2.05) is 29.7 Å². The molecule has 0 amide bonds. The Balaban J connectivity index is 1.70. The first-order valence-corrected chi connectivity index (χ1v) is 8.49. The van der Waals surface area contributed by atoms with Crippen LogP contribution < -0.4 is 15.1 Å². The Kier molecular flexibility index (Phi) is 5.15. The summed E-state index contributed by atoms with van der Waals surface area (Å²) >= 11 is 0. The average Bonchev–Trinajstić information content (AvgIpc) is 2.61. The van der Waals surface area contributed by atoms with Gasteiger partial charge in [-0.1, -0.05) is 0 Å². The first-order chi connectivity index (χ1) is 12.4. The number of rotatable bonds is 4. The maximum Gasteiger partial charge on any atom is 0.416 e. The van der Waals surface area contributed by atoms with E-state index in [1.54, 1.807) is 0 Å². The molecule has 3 heterocycles. The lowest BCUT2D eigenvalue weighted by Crippen LogP contribution is -2.47. The molecule has 3 rings (SSSR count). The van der Waals surface area contributed by atoms with Crippen LogP contribution in [-0.4, -0.2) is 47.7 Å². The van der Waals surface area contributed by atoms with Gasteiger partial charge in [0.15, 0.2) is 0 Å². The van der Waals surface area contributed by atoms with Crippen molar-refractivity contribution in [3.8, 4) is 0 Å². The fourth-order valence-corrected chi connectivity index (χ4v) is 2.87. The van der Waals surface area contributed by atoms with Crippen molar-refractivity contribution in [3.63, 3.8) is 0 Å². The van der Waals surface area contributed by atoms with E-state index in [4.69, 9.17) is 0 Å². The summed E-state index contributed by atoms with van der Waals surface area (Å²) in [6, 6.07) is 3.97. The third-order valence-electron chi connectivity index (χ3n) is 4.16. The Labute approximate surface area is 150 Å². The van der Waals surface area contributed by atoms with Gasteiger partial charge in [0.2, 0.25) is 5.95 Å². The van der Waals surface area contributed by atoms with Crippen molar-refractivity contribution in [2.24, 2.45) is 0 Å². The van der Waals surface area contributed by atoms with Crippen LogP contribution in [0.2, 0.25) is 0 Å². The highest BCUT2D eigenvalue weighted by Gasteiger charge is 2.31. The van der Waals surface area contributed by atoms with Crippen LogP contribution in [0.1, 0.15) is 18.2 Å². The summed E-state index contributed by atoms with van der Waals surface area (Å²) in [5, 5.41) is 3.18. The molecular weight excluding hydrogens is 345 g/mol. The Morgan fingerprint density at radius 3 is 2.42 bits per heavy atom. The molecular formula is C17H21F3N6. The number of nitrogens with one attached hydrogen (secondary N) is 1. The summed E-state index contributed by atoms with van der Waals surface area (Å²) < 4.78 is 38.6. The number of piperazine rings is 1. The molecule has 140 valence electrons. The number of nitrogens with zero attached hydrogens (tertiary/aromatic N) is 5. The number of halogens is 3. The molecule has 1 N–H and O–H groups in total. The van der Waals surface area contributed by atoms with Crippen molar-refractivity contribution < 1.29 is 13.2 Å². The quantitative estimate of drug-likeness (QED) is 0.898. The van der Waals surface area contributed by atoms with E-state index < -0.39 is 11.7 Å². The first-order valence-electron chi connectivity index (χ1n) is 8.49. The summed E-state index contributed by atoms with van der Waals surface area (Å²) in [6.07, 6.45) is -3.16. The number of hydrogen-bond donors (Lipinski definition) is 1. The number of anilines is 3. The molecule has 1 aliphatic rings. The second-order valence-corrected chi connectivity index (χ2v) is 6.10. The molecule has 6 nitrogen and oxygen atoms in total. The van der Waals surface area contributed by atoms with Gasteiger partial charge in [-0.3, -0.25) is 0 Å². The zero-order valence-corrected chi connectivity index (χ0v) is 14.7. The van der Waals surface area contributed by atoms with Gasteiger partial charge in [-0.2, -0.15) is 18.2 Å². The maximum atomic E-state index is 12.9. The molecule has 0 atom stereocenters. The summed E-state index contributed by atoms with van der Waals surface area (Å²) in [5.74, 6) is 1.76. The third kappa shape index (κ3) is 4.14. The second kappa shape index (κ2) is 7.35. The molecule has 1 fully saturated rings. The highest BCUT2D eigenvalue weighted by atomic mass is 19.4. The molecule has 0 aromatic carbocycles. The van der Waals surface area contributed by atoms with Crippen molar-refractivity contribution in [1.82, 2.24) is 15.0 Å². The van der Waals surface area contributed by atoms with Crippen LogP contribution in [0.3, 0.4) is 0 Å². The molecule has 9 heteroatoms. The van der Waals surface area contributed by atoms with Crippen molar-refractivity contribution in [1.29, 1.82) is 0 Å². The van der Waals surface area contributed by atoms with Gasteiger partial charge in [-0.25, -0.2) is 9.97 Å². The number of hydrogen-bond acceptors (Lipinski definition) is 6. The Bertz CT molecular complexity index is 756. The van der Waals surface area contributed by atoms with Crippen LogP contribution in [0.5, 0.6) is 0 Å². The van der Waals surface area contributed by atoms with Crippen molar-refractivity contribution in [2.45, 2.75) is 20.0 Å². The van der Waals surface area contributed by atoms with Crippen LogP contribution in [0.25, 0.3) is 0 Å². The van der Waals surface area contributed by atoms with Gasteiger partial charge < -0.3 is 15.1 Å². The standard InChI is InChI=1S/C17H21F3N6/c1-3-21-14-10-12(2)23-16(24-14)26-8-6-25(7-9-26)15-11-13(4-5-22-15)17(18,19)20/h4-5,10-11H,3,6-9H2,1-2H3,(H,21,23,24). The summed E-state index contributed by atoms with van der Waals surface area (Å²) in [7, 11) is 0. The van der Waals surface area contributed by atoms with E-state index in [0.717, 1.165) is 30.2 Å². The molecule has 0 radical (unpaired) electrons. The van der Waals surface area contributed by atoms with Crippen LogP contribution >= 0.6 is 0 Å². The van der Waals surface area contributed by atoms with Gasteiger partial charge in [0, 0.05) is 50.7 Å². The third-order valence-corrected chi connectivity index (χ3v) is 4.16. The van der Waals surface area contributed by atoms with E-state index in [-0.39, 0.29) is 0 Å². The Morgan fingerprint density at radius 2 is 1.77 bits per heavy atom. The number of aryl methyl sites for hydroxylation is 1. The molecule has 1 saturated heterocycles. The van der Waals surface area contributed by atoms with Gasteiger partial charge in [0.25, 0.3) is 0 Å². The van der Waals surface area contributed by atoms with Gasteiger partial charge in [0.1, 0.15) is 11.6 Å². The summed E-state index contributed by atoms with van der Waals surface area (Å²) in [5.41, 5.74) is 0.190. The van der Waals surface area contributed by atoms with Crippen molar-refractivity contribution in [3.05, 3.63) is 35.7 Å². The monoisotopic (exact) mass is 366 g/mol. The minimum atomic E-state index is -4.36. The molecule has 2 aromatic rings. The molecule has 1 aliphatic heterocycles. The SMILES string of the molecule is CCNc1cc(C)nc(N2CCN(c3cc(C(F)(F)F)ccn3)CC2)n1. The van der Waals surface area contributed by atoms with Crippen molar-refractivity contribution >= 4 is 17.6 Å². The smallest absolute Gasteiger partial charge is 0.370 e. The van der Waals surface area contributed by atoms with Crippen LogP contribution in [0.4, 0.5) is 30.8 Å². The highest BCUT2D eigenvalue weighted by molar-refractivity contribution is 5.47. The number of alkyl halides is 3. The Hall–Kier alpha value is -2.58. The van der Waals surface area contributed by atoms with E-state index in [9.17, 15) is 13.2 Å². The fraction of sp³-hybridized carbons (Fsp3) is 0.471. The Morgan fingerprint density at radius 1 is 1.08 bits per heavy atom. The fourth-order valence-electron chi connectivity index (χ4n) is 2.87. The maximum absolute atomic E-state index is 12.9. The molecule has 0 bridgehead atoms. The van der Waals surface area contributed by atoms with E-state index in [1.165, 1.54) is 6.20 Å². The van der Waals surface area contributed by atoms with Gasteiger partial charge in [-0.05, 0) is 26.0 Å². The van der Waals surface area contributed by atoms with E-state index in [2.05, 4.69) is 20.3 Å². The van der Waals surface area contributed by atoms with Gasteiger partial charge in [-0.15, -0.1) is 0 Å². The normalized spacial score (nSPS) is 15.3. The van der Waals surface area contributed by atoms with Crippen LogP contribution in [-0.2, 0) is 6.18 Å². The molecule has 26 heavy (non-hydrogen) atoms. The number of aromatic nitrogens is 3. The van der Waals surface area contributed by atoms with Crippen LogP contribution in [0.15, 0.2) is 24.4 Å². The molecule has 0 unspecified atom stereocenters. The van der Waals surface area contributed by atoms with Gasteiger partial charge in [0.05, 0.1) is 5.56 Å². The summed E-state index contributed by atoms with van der Waals surface area (Å²) in [6.45, 7) is 7.03. The first kappa shape index (κ1) is 18.2. The minimum absolute atomic E-state index is 0.345.